The van der Waals surface area contributed by atoms with E-state index in [1.165, 1.54) is 5.56 Å². The Bertz CT molecular complexity index is 915. The van der Waals surface area contributed by atoms with Crippen molar-refractivity contribution in [2.24, 2.45) is 11.8 Å². The normalized spacial score (nSPS) is 24.0. The molecule has 2 unspecified atom stereocenters. The molecule has 2 aliphatic heterocycles. The molecule has 7 heteroatoms. The van der Waals surface area contributed by atoms with Crippen LogP contribution < -0.4 is 10.2 Å². The summed E-state index contributed by atoms with van der Waals surface area (Å²) in [6, 6.07) is 2.26. The lowest BCUT2D eigenvalue weighted by molar-refractivity contribution is -0.134. The summed E-state index contributed by atoms with van der Waals surface area (Å²) in [7, 11) is 0. The highest BCUT2D eigenvalue weighted by Crippen LogP contribution is 2.27. The molecule has 3 heterocycles. The second-order valence-electron chi connectivity index (χ2n) is 9.16. The molecule has 0 aromatic carbocycles. The van der Waals surface area contributed by atoms with Gasteiger partial charge in [0.2, 0.25) is 5.91 Å². The smallest absolute Gasteiger partial charge is 0.322 e. The predicted octanol–water partition coefficient (Wildman–Crippen LogP) is 2.86. The zero-order chi connectivity index (χ0) is 22.1. The first kappa shape index (κ1) is 21.4. The minimum absolute atomic E-state index is 0.0458. The summed E-state index contributed by atoms with van der Waals surface area (Å²) in [6.07, 6.45) is 8.50. The van der Waals surface area contributed by atoms with Crippen LogP contribution in [0.2, 0.25) is 0 Å². The number of hydrogen-bond acceptors (Lipinski definition) is 4. The lowest BCUT2D eigenvalue weighted by Gasteiger charge is -2.37. The Morgan fingerprint density at radius 1 is 1.19 bits per heavy atom. The minimum atomic E-state index is -0.155. The number of anilines is 1. The summed E-state index contributed by atoms with van der Waals surface area (Å²) < 4.78 is 0. The maximum absolute atomic E-state index is 13.1. The van der Waals surface area contributed by atoms with Crippen LogP contribution >= 0.6 is 0 Å². The van der Waals surface area contributed by atoms with Crippen molar-refractivity contribution in [3.63, 3.8) is 0 Å². The summed E-state index contributed by atoms with van der Waals surface area (Å²) in [5.41, 5.74) is 3.25. The first-order chi connectivity index (χ1) is 14.8. The number of amides is 3. The largest absolute Gasteiger partial charge is 0.353 e. The first-order valence-corrected chi connectivity index (χ1v) is 11.3. The molecular formula is C24H33N5O2. The molecule has 2 atom stereocenters. The maximum Gasteiger partial charge on any atom is 0.322 e. The average molecular weight is 424 g/mol. The third kappa shape index (κ3) is 4.31. The van der Waals surface area contributed by atoms with Gasteiger partial charge in [-0.05, 0) is 43.4 Å². The number of aryl methyl sites for hydroxylation is 2. The van der Waals surface area contributed by atoms with Crippen LogP contribution in [0.25, 0.3) is 0 Å². The molecule has 3 amide bonds. The molecule has 1 aromatic rings. The van der Waals surface area contributed by atoms with Crippen molar-refractivity contribution in [3.8, 4) is 0 Å². The summed E-state index contributed by atoms with van der Waals surface area (Å²) in [5, 5.41) is 2.94. The van der Waals surface area contributed by atoms with Crippen molar-refractivity contribution in [2.45, 2.75) is 40.2 Å². The predicted molar refractivity (Wildman–Crippen MR) is 122 cm³/mol. The second-order valence-corrected chi connectivity index (χ2v) is 9.16. The quantitative estimate of drug-likeness (QED) is 0.809. The summed E-state index contributed by atoms with van der Waals surface area (Å²) in [4.78, 5) is 36.1. The van der Waals surface area contributed by atoms with Crippen LogP contribution in [0.3, 0.4) is 0 Å². The Labute approximate surface area is 184 Å². The van der Waals surface area contributed by atoms with E-state index in [1.807, 2.05) is 34.2 Å². The number of rotatable bonds is 4. The topological polar surface area (TPSA) is 68.8 Å². The number of urea groups is 1. The van der Waals surface area contributed by atoms with Gasteiger partial charge in [0.05, 0.1) is 12.0 Å². The lowest BCUT2D eigenvalue weighted by atomic mass is 9.95. The van der Waals surface area contributed by atoms with E-state index in [4.69, 9.17) is 0 Å². The number of hydrogen-bond donors (Lipinski definition) is 1. The number of allylic oxidation sites excluding steroid dienone is 2. The maximum atomic E-state index is 13.1. The van der Waals surface area contributed by atoms with Crippen LogP contribution in [0.1, 0.15) is 31.4 Å². The van der Waals surface area contributed by atoms with Crippen LogP contribution in [-0.4, -0.2) is 65.5 Å². The van der Waals surface area contributed by atoms with Crippen molar-refractivity contribution in [2.75, 3.05) is 37.6 Å². The van der Waals surface area contributed by atoms with Gasteiger partial charge in [0, 0.05) is 44.6 Å². The molecule has 2 fully saturated rings. The number of aromatic nitrogens is 1. The Kier molecular flexibility index (Phi) is 6.03. The fourth-order valence-corrected chi connectivity index (χ4v) is 4.74. The van der Waals surface area contributed by atoms with Crippen molar-refractivity contribution in [3.05, 3.63) is 47.3 Å². The molecule has 0 bridgehead atoms. The van der Waals surface area contributed by atoms with E-state index in [-0.39, 0.29) is 23.9 Å². The molecular weight excluding hydrogens is 390 g/mol. The van der Waals surface area contributed by atoms with Crippen molar-refractivity contribution >= 4 is 17.8 Å². The third-order valence-corrected chi connectivity index (χ3v) is 6.54. The van der Waals surface area contributed by atoms with E-state index in [1.54, 1.807) is 0 Å². The molecule has 0 radical (unpaired) electrons. The molecule has 1 N–H and O–H groups in total. The van der Waals surface area contributed by atoms with Gasteiger partial charge in [-0.3, -0.25) is 9.69 Å². The van der Waals surface area contributed by atoms with E-state index in [0.717, 1.165) is 30.2 Å². The van der Waals surface area contributed by atoms with Crippen LogP contribution in [0, 0.1) is 25.7 Å². The van der Waals surface area contributed by atoms with Gasteiger partial charge in [-0.2, -0.15) is 0 Å². The van der Waals surface area contributed by atoms with E-state index < -0.39 is 0 Å². The van der Waals surface area contributed by atoms with Gasteiger partial charge in [-0.25, -0.2) is 9.78 Å². The van der Waals surface area contributed by atoms with Gasteiger partial charge in [0.15, 0.2) is 0 Å². The van der Waals surface area contributed by atoms with Crippen LogP contribution in [0.15, 0.2) is 36.2 Å². The van der Waals surface area contributed by atoms with E-state index >= 15 is 0 Å². The van der Waals surface area contributed by atoms with Gasteiger partial charge in [-0.1, -0.05) is 32.1 Å². The Hall–Kier alpha value is -2.83. The lowest BCUT2D eigenvalue weighted by Crippen LogP contribution is -2.50. The second kappa shape index (κ2) is 8.73. The Morgan fingerprint density at radius 2 is 1.94 bits per heavy atom. The highest BCUT2D eigenvalue weighted by atomic mass is 16.2. The van der Waals surface area contributed by atoms with Crippen molar-refractivity contribution in [1.82, 2.24) is 20.1 Å². The minimum Gasteiger partial charge on any atom is -0.353 e. The van der Waals surface area contributed by atoms with Crippen LogP contribution in [-0.2, 0) is 4.79 Å². The number of nitrogens with zero attached hydrogens (tertiary/aromatic N) is 4. The average Bonchev–Trinajstić information content (AvgIpc) is 3.15. The highest BCUT2D eigenvalue weighted by Gasteiger charge is 2.36. The highest BCUT2D eigenvalue weighted by molar-refractivity contribution is 5.83. The molecule has 3 aliphatic rings. The molecule has 1 aliphatic carbocycles. The van der Waals surface area contributed by atoms with E-state index in [2.05, 4.69) is 49.0 Å². The zero-order valence-corrected chi connectivity index (χ0v) is 19.0. The molecule has 166 valence electrons. The summed E-state index contributed by atoms with van der Waals surface area (Å²) >= 11 is 0. The zero-order valence-electron chi connectivity index (χ0n) is 19.0. The summed E-state index contributed by atoms with van der Waals surface area (Å²) in [6.45, 7) is 12.1. The fraction of sp³-hybridized carbons (Fsp3) is 0.542. The molecule has 0 saturated carbocycles. The van der Waals surface area contributed by atoms with Gasteiger partial charge >= 0.3 is 6.03 Å². The van der Waals surface area contributed by atoms with Crippen molar-refractivity contribution < 1.29 is 9.59 Å². The number of pyridine rings is 1. The van der Waals surface area contributed by atoms with E-state index in [9.17, 15) is 9.59 Å². The van der Waals surface area contributed by atoms with Gasteiger partial charge in [0.1, 0.15) is 5.82 Å². The number of carbonyl (C=O) groups excluding carboxylic acids is 2. The molecule has 4 rings (SSSR count). The number of nitrogens with one attached hydrogen (secondary N) is 1. The molecule has 7 nitrogen and oxygen atoms in total. The van der Waals surface area contributed by atoms with E-state index in [0.29, 0.717) is 32.0 Å². The monoisotopic (exact) mass is 423 g/mol. The standard InChI is InChI=1S/C24H33N5O2/c1-16(2)21-15-26-24(31)29(21)20-7-5-19(6-8-20)23(30)28-11-9-27(10-12-28)22-18(4)13-17(3)14-25-22/h5,7-8,13-14,16,19,21H,6,9-12,15H2,1-4H3,(H,26,31). The number of carbonyl (C=O) groups is 2. The molecule has 31 heavy (non-hydrogen) atoms. The SMILES string of the molecule is Cc1cnc(N2CCN(C(=O)C3C=CC(N4C(=O)NCC4C(C)C)=CC3)CC2)c(C)c1. The van der Waals surface area contributed by atoms with Gasteiger partial charge in [0.25, 0.3) is 0 Å². The molecule has 0 spiro atoms. The van der Waals surface area contributed by atoms with Crippen molar-refractivity contribution in [1.29, 1.82) is 0 Å². The first-order valence-electron chi connectivity index (χ1n) is 11.3. The van der Waals surface area contributed by atoms with Crippen LogP contribution in [0.4, 0.5) is 10.6 Å². The summed E-state index contributed by atoms with van der Waals surface area (Å²) in [5.74, 6) is 1.41. The molecule has 2 saturated heterocycles. The Balaban J connectivity index is 1.34. The van der Waals surface area contributed by atoms with Crippen LogP contribution in [0.5, 0.6) is 0 Å². The Morgan fingerprint density at radius 3 is 2.55 bits per heavy atom. The third-order valence-electron chi connectivity index (χ3n) is 6.54. The van der Waals surface area contributed by atoms with Gasteiger partial charge < -0.3 is 15.1 Å². The molecule has 1 aromatic heterocycles. The van der Waals surface area contributed by atoms with Gasteiger partial charge in [-0.15, -0.1) is 0 Å². The fourth-order valence-electron chi connectivity index (χ4n) is 4.74. The number of piperazine rings is 1.